The lowest BCUT2D eigenvalue weighted by molar-refractivity contribution is -0.150. The Balaban J connectivity index is 0.000000408. The van der Waals surface area contributed by atoms with E-state index in [1.807, 2.05) is 24.3 Å². The van der Waals surface area contributed by atoms with Crippen LogP contribution in [0.5, 0.6) is 0 Å². The maximum absolute atomic E-state index is 13.3. The van der Waals surface area contributed by atoms with E-state index in [4.69, 9.17) is 67.1 Å². The Morgan fingerprint density at radius 2 is 0.627 bits per heavy atom. The molecule has 4 heterocycles. The molecule has 2 aromatic rings. The number of carbonyl (C=O) groups excluding carboxylic acids is 6. The summed E-state index contributed by atoms with van der Waals surface area (Å²) in [5.74, 6) is -8.91. The van der Waals surface area contributed by atoms with Gasteiger partial charge in [-0.15, -0.1) is 0 Å². The summed E-state index contributed by atoms with van der Waals surface area (Å²) in [6.45, 7) is 7.46. The molecule has 118 heavy (non-hydrogen) atoms. The van der Waals surface area contributed by atoms with Gasteiger partial charge in [-0.05, 0) is 217 Å². The number of rotatable bonds is 52. The van der Waals surface area contributed by atoms with Crippen molar-refractivity contribution < 1.29 is 108 Å². The number of likely N-dealkylation sites (tertiary alicyclic amines) is 4. The van der Waals surface area contributed by atoms with E-state index in [2.05, 4.69) is 21.3 Å². The lowest BCUT2D eigenvalue weighted by atomic mass is 10.0. The van der Waals surface area contributed by atoms with E-state index >= 15 is 0 Å². The highest BCUT2D eigenvalue weighted by atomic mass is 35.5. The highest BCUT2D eigenvalue weighted by Gasteiger charge is 2.45. The molecule has 0 saturated carbocycles. The van der Waals surface area contributed by atoms with Crippen molar-refractivity contribution in [3.63, 3.8) is 0 Å². The molecular formula is C80H132Cl2N14O22. The van der Waals surface area contributed by atoms with Crippen LogP contribution in [0.3, 0.4) is 0 Å². The fraction of sp³-hybridized carbons (Fsp3) is 0.700. The minimum Gasteiger partial charge on any atom is -0.480 e. The molecule has 0 aliphatic carbocycles. The Morgan fingerprint density at radius 1 is 0.373 bits per heavy atom. The van der Waals surface area contributed by atoms with Crippen molar-refractivity contribution in [2.75, 3.05) is 78.7 Å². The van der Waals surface area contributed by atoms with Gasteiger partial charge >= 0.3 is 47.8 Å². The standard InChI is InChI=1S/C23H34ClN3O6.C21H30ClN3O6.C19H36N4O5.C17H32N4O5/c1-2-33-23(32)19(11-8-15-6-9-16(24)10-7-15)26-18(5-3-4-12-25)21(29)27-14-17(28)13-20(27)22(30)31;22-14-7-4-13(5-8-14)6-9-17(20(28)29)24-16(3-1-2-10-23)19(27)25-12-15(26)11-18(25)21(30)31;1-2-28-19(27)15(9-4-6-12-21)22-14(8-3-5-11-20)17(24)23-13-7-10-16(23)18(25)26;18-9-3-1-6-12(20-13(16(23)24)7-2-4-10-19)15(22)21-11-5-8-14(21)17(25)26/h6-7,9-10,17-20,26,28H,2-5,8,11-14,25H2,1H3,(H,30,31);4-5,7-8,15-18,24,26H,1-3,6,9-12,23H2,(H,28,29)(H,30,31);14-16,22H,2-13,20-21H2,1H3,(H,25,26);12-14,20H,1-11,18-19H2,(H,23,24)(H,25,26)/t17-,18+,19+,20+;15-,16+,17+,18+;14-,15-,16-;12-,13-,14-/m1100/s1. The summed E-state index contributed by atoms with van der Waals surface area (Å²) in [7, 11) is 0. The average molecular weight is 1710 g/mol. The molecule has 4 aliphatic rings. The minimum absolute atomic E-state index is 0.0194. The Bertz CT molecular complexity index is 3380. The van der Waals surface area contributed by atoms with E-state index in [0.29, 0.717) is 197 Å². The predicted octanol–water partition coefficient (Wildman–Crippen LogP) is 2.14. The third kappa shape index (κ3) is 37.4. The molecule has 6 rings (SSSR count). The van der Waals surface area contributed by atoms with E-state index in [9.17, 15) is 98.4 Å². The molecule has 0 unspecified atom stereocenters. The number of halogens is 2. The summed E-state index contributed by atoms with van der Waals surface area (Å²) < 4.78 is 10.4. The van der Waals surface area contributed by atoms with Crippen LogP contribution in [0.1, 0.15) is 192 Å². The van der Waals surface area contributed by atoms with Gasteiger partial charge in [0.1, 0.15) is 48.3 Å². The molecule has 2 aromatic carbocycles. The van der Waals surface area contributed by atoms with E-state index in [-0.39, 0.29) is 57.4 Å². The van der Waals surface area contributed by atoms with Crippen LogP contribution in [0.25, 0.3) is 0 Å². The molecule has 4 amide bonds. The van der Waals surface area contributed by atoms with E-state index in [1.54, 1.807) is 38.1 Å². The number of hydrogen-bond acceptors (Lipinski definition) is 26. The van der Waals surface area contributed by atoms with Crippen LogP contribution in [-0.4, -0.2) is 295 Å². The van der Waals surface area contributed by atoms with Gasteiger partial charge in [-0.25, -0.2) is 19.2 Å². The number of β-amino-alcohol motifs (C(OH)–C–C–N with tert-alkyl or cyclic N) is 2. The molecule has 0 aromatic heterocycles. The lowest BCUT2D eigenvalue weighted by Gasteiger charge is -2.30. The maximum atomic E-state index is 13.3. The number of nitrogens with two attached hydrogens (primary N) is 6. The average Bonchev–Trinajstić information content (AvgIpc) is 1.67. The van der Waals surface area contributed by atoms with Gasteiger partial charge in [0.25, 0.3) is 0 Å². The summed E-state index contributed by atoms with van der Waals surface area (Å²) in [6, 6.07) is 4.22. The highest BCUT2D eigenvalue weighted by molar-refractivity contribution is 6.30. The number of benzene rings is 2. The molecule has 4 fully saturated rings. The van der Waals surface area contributed by atoms with Gasteiger partial charge in [0, 0.05) is 49.1 Å². The van der Waals surface area contributed by atoms with Gasteiger partial charge in [-0.3, -0.25) is 59.6 Å². The zero-order chi connectivity index (χ0) is 87.8. The van der Waals surface area contributed by atoms with Crippen LogP contribution in [0, 0.1) is 0 Å². The van der Waals surface area contributed by atoms with Gasteiger partial charge in [0.05, 0.1) is 49.6 Å². The van der Waals surface area contributed by atoms with Crippen LogP contribution in [-0.2, 0) is 79.8 Å². The number of amides is 4. The molecule has 4 aliphatic heterocycles. The quantitative estimate of drug-likeness (QED) is 0.0333. The molecule has 4 saturated heterocycles. The van der Waals surface area contributed by atoms with Gasteiger partial charge in [-0.1, -0.05) is 86.0 Å². The van der Waals surface area contributed by atoms with Crippen molar-refractivity contribution in [3.8, 4) is 0 Å². The predicted molar refractivity (Wildman–Crippen MR) is 441 cm³/mol. The highest BCUT2D eigenvalue weighted by Crippen LogP contribution is 2.27. The number of aliphatic hydroxyl groups excluding tert-OH is 2. The molecule has 14 atom stereocenters. The monoisotopic (exact) mass is 1710 g/mol. The number of nitrogens with zero attached hydrogens (tertiary/aromatic N) is 4. The number of aliphatic hydroxyl groups is 2. The number of unbranched alkanes of at least 4 members (excludes halogenated alkanes) is 6. The molecular weight excluding hydrogens is 1580 g/mol. The smallest absolute Gasteiger partial charge is 0.326 e. The second-order valence-electron chi connectivity index (χ2n) is 29.8. The van der Waals surface area contributed by atoms with Crippen molar-refractivity contribution in [3.05, 3.63) is 69.7 Å². The van der Waals surface area contributed by atoms with E-state index in [0.717, 1.165) is 41.7 Å². The number of carboxylic acid groups (broad SMARTS) is 6. The molecule has 38 heteroatoms. The fourth-order valence-electron chi connectivity index (χ4n) is 14.5. The molecule has 0 radical (unpaired) electrons. The van der Waals surface area contributed by atoms with Crippen LogP contribution < -0.4 is 55.7 Å². The number of aryl methyl sites for hydroxylation is 2. The van der Waals surface area contributed by atoms with Crippen molar-refractivity contribution in [1.82, 2.24) is 40.9 Å². The first-order valence-electron chi connectivity index (χ1n) is 41.4. The van der Waals surface area contributed by atoms with E-state index < -0.39 is 144 Å². The number of aliphatic carboxylic acids is 6. The van der Waals surface area contributed by atoms with Crippen molar-refractivity contribution >= 4 is 94.6 Å². The minimum atomic E-state index is -1.19. The van der Waals surface area contributed by atoms with Crippen molar-refractivity contribution in [1.29, 1.82) is 0 Å². The Kier molecular flexibility index (Phi) is 51.5. The third-order valence-corrected chi connectivity index (χ3v) is 21.3. The maximum Gasteiger partial charge on any atom is 0.326 e. The summed E-state index contributed by atoms with van der Waals surface area (Å²) in [5, 5.41) is 89.9. The number of carbonyl (C=O) groups is 12. The van der Waals surface area contributed by atoms with Gasteiger partial charge in [0.2, 0.25) is 23.6 Å². The fourth-order valence-corrected chi connectivity index (χ4v) is 14.8. The van der Waals surface area contributed by atoms with E-state index in [1.165, 1.54) is 14.7 Å². The number of esters is 2. The lowest BCUT2D eigenvalue weighted by Crippen LogP contribution is -2.54. The molecule has 24 N–H and O–H groups in total. The SMILES string of the molecule is CCOC(=O)[C@H](CCCCN)N[C@@H](CCCCN)C(=O)N1CCC[C@H]1C(=O)O.CCOC(=O)[C@H](CCc1ccc(Cl)cc1)N[C@@H](CCCCN)C(=O)N1C[C@H](O)C[C@H]1C(=O)O.NCCCC[C@H](N[C@@H](CCCCN)C(=O)N1CCC[C@H]1C(=O)O)C(=O)O.NCCCC[C@H](N[C@@H](CCc1ccc(Cl)cc1)C(=O)O)C(=O)N1C[C@H](O)C[C@H]1C(=O)O. The summed E-state index contributed by atoms with van der Waals surface area (Å²) in [6.07, 6.45) is 12.7. The normalized spacial score (nSPS) is 19.6. The summed E-state index contributed by atoms with van der Waals surface area (Å²) in [5.41, 5.74) is 35.1. The van der Waals surface area contributed by atoms with Crippen molar-refractivity contribution in [2.45, 2.75) is 278 Å². The van der Waals surface area contributed by atoms with Crippen molar-refractivity contribution in [2.24, 2.45) is 34.4 Å². The Labute approximate surface area is 701 Å². The zero-order valence-electron chi connectivity index (χ0n) is 68.3. The topological polar surface area (TPSA) is 602 Å². The summed E-state index contributed by atoms with van der Waals surface area (Å²) in [4.78, 5) is 152. The van der Waals surface area contributed by atoms with Crippen LogP contribution >= 0.6 is 23.2 Å². The molecule has 36 nitrogen and oxygen atoms in total. The summed E-state index contributed by atoms with van der Waals surface area (Å²) >= 11 is 11.8. The second-order valence-corrected chi connectivity index (χ2v) is 30.7. The van der Waals surface area contributed by atoms with Crippen LogP contribution in [0.2, 0.25) is 10.0 Å². The first kappa shape index (κ1) is 104. The largest absolute Gasteiger partial charge is 0.480 e. The zero-order valence-corrected chi connectivity index (χ0v) is 69.8. The number of carboxylic acids is 6. The molecule has 668 valence electrons. The van der Waals surface area contributed by atoms with Crippen LogP contribution in [0.15, 0.2) is 48.5 Å². The first-order valence-corrected chi connectivity index (χ1v) is 42.1. The third-order valence-electron chi connectivity index (χ3n) is 20.8. The Hall–Kier alpha value is -7.82. The van der Waals surface area contributed by atoms with Gasteiger partial charge in [-0.2, -0.15) is 0 Å². The number of hydrogen-bond donors (Lipinski definition) is 18. The Morgan fingerprint density at radius 3 is 0.907 bits per heavy atom. The van der Waals surface area contributed by atoms with Gasteiger partial charge < -0.3 is 104 Å². The number of ether oxygens (including phenoxy) is 2. The number of nitrogens with one attached hydrogen (secondary N) is 4. The van der Waals surface area contributed by atoms with Gasteiger partial charge in [0.15, 0.2) is 0 Å². The van der Waals surface area contributed by atoms with Crippen LogP contribution in [0.4, 0.5) is 0 Å². The first-order chi connectivity index (χ1) is 56.4. The molecule has 0 spiro atoms. The molecule has 0 bridgehead atoms. The second kappa shape index (κ2) is 58.2.